The molecule has 2 aromatic rings. The van der Waals surface area contributed by atoms with E-state index in [-0.39, 0.29) is 5.96 Å². The van der Waals surface area contributed by atoms with Crippen LogP contribution in [0.5, 0.6) is 0 Å². The van der Waals surface area contributed by atoms with Gasteiger partial charge in [-0.2, -0.15) is 0 Å². The number of imidazole rings is 1. The second-order valence-electron chi connectivity index (χ2n) is 4.96. The van der Waals surface area contributed by atoms with Gasteiger partial charge in [-0.3, -0.25) is 0 Å². The zero-order chi connectivity index (χ0) is 15.2. The van der Waals surface area contributed by atoms with Gasteiger partial charge in [0.15, 0.2) is 0 Å². The summed E-state index contributed by atoms with van der Waals surface area (Å²) < 4.78 is 1.63. The molecule has 0 aliphatic heterocycles. The second kappa shape index (κ2) is 7.21. The van der Waals surface area contributed by atoms with Crippen molar-refractivity contribution in [3.8, 4) is 11.4 Å². The fraction of sp³-hybridized carbons (Fsp3) is 0.500. The van der Waals surface area contributed by atoms with Gasteiger partial charge < -0.3 is 11.5 Å². The number of rotatable bonds is 7. The number of guanidine groups is 1. The van der Waals surface area contributed by atoms with Crippen LogP contribution in [0.15, 0.2) is 16.7 Å². The molecule has 0 aromatic carbocycles. The molecule has 0 saturated heterocycles. The van der Waals surface area contributed by atoms with E-state index in [1.54, 1.807) is 22.2 Å². The van der Waals surface area contributed by atoms with Crippen LogP contribution >= 0.6 is 11.3 Å². The van der Waals surface area contributed by atoms with Gasteiger partial charge in [0.25, 0.3) is 0 Å². The molecule has 0 aliphatic carbocycles. The van der Waals surface area contributed by atoms with Crippen molar-refractivity contribution in [2.24, 2.45) is 16.6 Å². The quantitative estimate of drug-likeness (QED) is 0.466. The van der Waals surface area contributed by atoms with Gasteiger partial charge in [0.1, 0.15) is 17.2 Å². The first-order chi connectivity index (χ1) is 10.1. The summed E-state index contributed by atoms with van der Waals surface area (Å²) >= 11 is 1.68. The van der Waals surface area contributed by atoms with E-state index >= 15 is 0 Å². The molecule has 2 aromatic heterocycles. The Balaban J connectivity index is 2.13. The van der Waals surface area contributed by atoms with Crippen molar-refractivity contribution in [2.45, 2.75) is 46.0 Å². The number of nitrogens with two attached hydrogens (primary N) is 2. The summed E-state index contributed by atoms with van der Waals surface area (Å²) in [6, 6.07) is 0. The summed E-state index contributed by atoms with van der Waals surface area (Å²) in [5.41, 5.74) is 12.6. The Morgan fingerprint density at radius 1 is 1.33 bits per heavy atom. The van der Waals surface area contributed by atoms with Crippen LogP contribution in [-0.2, 0) is 6.42 Å². The highest BCUT2D eigenvalue weighted by molar-refractivity contribution is 7.09. The van der Waals surface area contributed by atoms with Gasteiger partial charge in [-0.05, 0) is 19.8 Å². The highest BCUT2D eigenvalue weighted by atomic mass is 32.1. The van der Waals surface area contributed by atoms with Gasteiger partial charge in [0.2, 0.25) is 5.96 Å². The van der Waals surface area contributed by atoms with Gasteiger partial charge in [-0.15, -0.1) is 16.4 Å². The molecular formula is C14H22N6S. The van der Waals surface area contributed by atoms with E-state index in [0.717, 1.165) is 28.6 Å². The Bertz CT molecular complexity index is 609. The summed E-state index contributed by atoms with van der Waals surface area (Å²) in [7, 11) is 0. The first kappa shape index (κ1) is 15.5. The minimum Gasteiger partial charge on any atom is -0.369 e. The summed E-state index contributed by atoms with van der Waals surface area (Å²) in [5, 5.41) is 7.26. The average Bonchev–Trinajstić information content (AvgIpc) is 3.03. The molecule has 7 heteroatoms. The number of thiazole rings is 1. The molecule has 0 radical (unpaired) electrons. The summed E-state index contributed by atoms with van der Waals surface area (Å²) in [4.78, 5) is 8.92. The van der Waals surface area contributed by atoms with Crippen LogP contribution in [0.1, 0.15) is 43.4 Å². The van der Waals surface area contributed by atoms with Crippen molar-refractivity contribution in [2.75, 3.05) is 0 Å². The lowest BCUT2D eigenvalue weighted by Crippen LogP contribution is -2.24. The molecule has 0 aliphatic rings. The van der Waals surface area contributed by atoms with E-state index in [1.807, 2.05) is 12.3 Å². The average molecular weight is 306 g/mol. The molecule has 2 rings (SSSR count). The molecule has 0 bridgehead atoms. The Labute approximate surface area is 128 Å². The predicted octanol–water partition coefficient (Wildman–Crippen LogP) is 2.47. The molecule has 21 heavy (non-hydrogen) atoms. The van der Waals surface area contributed by atoms with Crippen LogP contribution < -0.4 is 11.5 Å². The Morgan fingerprint density at radius 2 is 2.14 bits per heavy atom. The number of nitrogens with zero attached hydrogens (tertiary/aromatic N) is 4. The number of aromatic nitrogens is 3. The fourth-order valence-corrected chi connectivity index (χ4v) is 2.94. The zero-order valence-corrected chi connectivity index (χ0v) is 13.4. The monoisotopic (exact) mass is 306 g/mol. The first-order valence-electron chi connectivity index (χ1n) is 7.21. The van der Waals surface area contributed by atoms with Crippen LogP contribution in [0.3, 0.4) is 0 Å². The van der Waals surface area contributed by atoms with Gasteiger partial charge in [-0.1, -0.05) is 26.2 Å². The van der Waals surface area contributed by atoms with Crippen molar-refractivity contribution in [3.63, 3.8) is 0 Å². The van der Waals surface area contributed by atoms with Gasteiger partial charge in [-0.25, -0.2) is 14.6 Å². The van der Waals surface area contributed by atoms with Crippen LogP contribution in [0.4, 0.5) is 0 Å². The number of hydrogen-bond acceptors (Lipinski definition) is 4. The Hall–Kier alpha value is -1.89. The predicted molar refractivity (Wildman–Crippen MR) is 87.1 cm³/mol. The standard InChI is InChI=1S/C14H22N6S/c1-3-4-5-6-7-13-18-11(9-21-13)12-8-17-10(2)20(12)19-14(15)16/h8-9H,3-7H2,1-2H3,(H4,15,16,19). The zero-order valence-electron chi connectivity index (χ0n) is 12.5. The minimum atomic E-state index is 0.00682. The molecule has 0 unspecified atom stereocenters. The number of unbranched alkanes of at least 4 members (excludes halogenated alkanes) is 3. The van der Waals surface area contributed by atoms with Crippen LogP contribution in [0.2, 0.25) is 0 Å². The molecule has 2 heterocycles. The molecule has 0 fully saturated rings. The molecule has 0 saturated carbocycles. The normalized spacial score (nSPS) is 10.8. The summed E-state index contributed by atoms with van der Waals surface area (Å²) in [5.74, 6) is 0.739. The van der Waals surface area contributed by atoms with E-state index in [9.17, 15) is 0 Å². The van der Waals surface area contributed by atoms with E-state index in [4.69, 9.17) is 11.5 Å². The van der Waals surface area contributed by atoms with Crippen molar-refractivity contribution >= 4 is 17.3 Å². The largest absolute Gasteiger partial charge is 0.369 e. The van der Waals surface area contributed by atoms with Gasteiger partial charge >= 0.3 is 0 Å². The lowest BCUT2D eigenvalue weighted by atomic mass is 10.2. The summed E-state index contributed by atoms with van der Waals surface area (Å²) in [6.07, 6.45) is 7.76. The minimum absolute atomic E-state index is 0.00682. The lowest BCUT2D eigenvalue weighted by Gasteiger charge is -2.02. The molecule has 4 N–H and O–H groups in total. The third-order valence-corrected chi connectivity index (χ3v) is 4.09. The topological polar surface area (TPSA) is 95.1 Å². The molecule has 114 valence electrons. The number of aryl methyl sites for hydroxylation is 2. The van der Waals surface area contributed by atoms with Gasteiger partial charge in [0, 0.05) is 5.38 Å². The SMILES string of the molecule is CCCCCCc1nc(-c2cnc(C)n2N=C(N)N)cs1. The van der Waals surface area contributed by atoms with Crippen LogP contribution in [0.25, 0.3) is 11.4 Å². The lowest BCUT2D eigenvalue weighted by molar-refractivity contribution is 0.665. The fourth-order valence-electron chi connectivity index (χ4n) is 2.10. The molecule has 0 atom stereocenters. The van der Waals surface area contributed by atoms with E-state index in [1.165, 1.54) is 25.7 Å². The van der Waals surface area contributed by atoms with E-state index in [2.05, 4.69) is 22.0 Å². The smallest absolute Gasteiger partial charge is 0.209 e. The molecular weight excluding hydrogens is 284 g/mol. The maximum absolute atomic E-state index is 5.46. The van der Waals surface area contributed by atoms with Gasteiger partial charge in [0.05, 0.1) is 11.2 Å². The van der Waals surface area contributed by atoms with Crippen molar-refractivity contribution in [1.29, 1.82) is 0 Å². The first-order valence-corrected chi connectivity index (χ1v) is 8.08. The van der Waals surface area contributed by atoms with E-state index in [0.29, 0.717) is 0 Å². The van der Waals surface area contributed by atoms with Crippen LogP contribution in [0, 0.1) is 6.92 Å². The van der Waals surface area contributed by atoms with Crippen molar-refractivity contribution in [1.82, 2.24) is 14.6 Å². The van der Waals surface area contributed by atoms with Crippen LogP contribution in [-0.4, -0.2) is 20.6 Å². The Morgan fingerprint density at radius 3 is 2.86 bits per heavy atom. The number of hydrogen-bond donors (Lipinski definition) is 2. The third kappa shape index (κ3) is 4.04. The third-order valence-electron chi connectivity index (χ3n) is 3.18. The maximum atomic E-state index is 5.46. The second-order valence-corrected chi connectivity index (χ2v) is 5.91. The molecule has 6 nitrogen and oxygen atoms in total. The Kier molecular flexibility index (Phi) is 5.32. The maximum Gasteiger partial charge on any atom is 0.209 e. The molecule has 0 amide bonds. The summed E-state index contributed by atoms with van der Waals surface area (Å²) in [6.45, 7) is 4.07. The molecule has 0 spiro atoms. The highest BCUT2D eigenvalue weighted by Crippen LogP contribution is 2.24. The highest BCUT2D eigenvalue weighted by Gasteiger charge is 2.12. The van der Waals surface area contributed by atoms with Crippen molar-refractivity contribution in [3.05, 3.63) is 22.4 Å². The van der Waals surface area contributed by atoms with E-state index < -0.39 is 0 Å². The van der Waals surface area contributed by atoms with Crippen molar-refractivity contribution < 1.29 is 0 Å².